The third-order valence-electron chi connectivity index (χ3n) is 2.65. The van der Waals surface area contributed by atoms with E-state index in [0.717, 1.165) is 5.75 Å². The first-order valence-corrected chi connectivity index (χ1v) is 6.67. The highest BCUT2D eigenvalue weighted by atomic mass is 32.2. The molecule has 1 aliphatic rings. The first kappa shape index (κ1) is 11.1. The predicted molar refractivity (Wildman–Crippen MR) is 62.1 cm³/mol. The van der Waals surface area contributed by atoms with Crippen molar-refractivity contribution in [1.82, 2.24) is 0 Å². The smallest absolute Gasteiger partial charge is 0.0345 e. The van der Waals surface area contributed by atoms with Crippen molar-refractivity contribution in [2.45, 2.75) is 44.6 Å². The fourth-order valence-electron chi connectivity index (χ4n) is 1.84. The SMILES string of the molecule is CSCC(N)/C1=C/CCCCCC1. The van der Waals surface area contributed by atoms with E-state index in [1.54, 1.807) is 0 Å². The van der Waals surface area contributed by atoms with Crippen molar-refractivity contribution in [1.29, 1.82) is 0 Å². The number of nitrogens with two attached hydrogens (primary N) is 1. The van der Waals surface area contributed by atoms with Gasteiger partial charge < -0.3 is 5.73 Å². The summed E-state index contributed by atoms with van der Waals surface area (Å²) in [5.74, 6) is 1.08. The van der Waals surface area contributed by atoms with E-state index < -0.39 is 0 Å². The molecule has 0 radical (unpaired) electrons. The monoisotopic (exact) mass is 199 g/mol. The third kappa shape index (κ3) is 4.19. The van der Waals surface area contributed by atoms with E-state index in [4.69, 9.17) is 5.73 Å². The van der Waals surface area contributed by atoms with Gasteiger partial charge in [-0.2, -0.15) is 11.8 Å². The Balaban J connectivity index is 2.43. The molecule has 1 unspecified atom stereocenters. The molecule has 0 bridgehead atoms. The first-order valence-electron chi connectivity index (χ1n) is 5.28. The minimum atomic E-state index is 0.313. The van der Waals surface area contributed by atoms with Crippen LogP contribution >= 0.6 is 11.8 Å². The van der Waals surface area contributed by atoms with Crippen LogP contribution in [-0.4, -0.2) is 18.1 Å². The average Bonchev–Trinajstić information content (AvgIpc) is 2.03. The second-order valence-electron chi connectivity index (χ2n) is 3.79. The van der Waals surface area contributed by atoms with Gasteiger partial charge in [0.2, 0.25) is 0 Å². The van der Waals surface area contributed by atoms with Crippen LogP contribution in [0.5, 0.6) is 0 Å². The van der Waals surface area contributed by atoms with Gasteiger partial charge in [0.05, 0.1) is 0 Å². The highest BCUT2D eigenvalue weighted by Crippen LogP contribution is 2.19. The zero-order chi connectivity index (χ0) is 9.52. The van der Waals surface area contributed by atoms with Crippen LogP contribution in [0.25, 0.3) is 0 Å². The Morgan fingerprint density at radius 3 is 2.92 bits per heavy atom. The molecular formula is C11H21NS. The van der Waals surface area contributed by atoms with Gasteiger partial charge >= 0.3 is 0 Å². The number of hydrogen-bond acceptors (Lipinski definition) is 2. The number of hydrogen-bond donors (Lipinski definition) is 1. The van der Waals surface area contributed by atoms with Gasteiger partial charge in [0.25, 0.3) is 0 Å². The molecule has 0 aromatic carbocycles. The molecule has 2 N–H and O–H groups in total. The van der Waals surface area contributed by atoms with Crippen molar-refractivity contribution in [3.8, 4) is 0 Å². The summed E-state index contributed by atoms with van der Waals surface area (Å²) in [4.78, 5) is 0. The van der Waals surface area contributed by atoms with Crippen LogP contribution in [0.3, 0.4) is 0 Å². The fraction of sp³-hybridized carbons (Fsp3) is 0.818. The van der Waals surface area contributed by atoms with Gasteiger partial charge in [-0.05, 0) is 31.9 Å². The van der Waals surface area contributed by atoms with Gasteiger partial charge in [-0.1, -0.05) is 24.5 Å². The molecule has 0 fully saturated rings. The van der Waals surface area contributed by atoms with Crippen LogP contribution in [0.2, 0.25) is 0 Å². The molecule has 1 aliphatic carbocycles. The summed E-state index contributed by atoms with van der Waals surface area (Å²) >= 11 is 1.85. The van der Waals surface area contributed by atoms with Crippen molar-refractivity contribution in [3.05, 3.63) is 11.6 Å². The lowest BCUT2D eigenvalue weighted by Gasteiger charge is -2.17. The molecule has 0 heterocycles. The van der Waals surface area contributed by atoms with Crippen LogP contribution in [0.15, 0.2) is 11.6 Å². The summed E-state index contributed by atoms with van der Waals surface area (Å²) in [6.07, 6.45) is 12.5. The molecule has 0 saturated heterocycles. The second-order valence-corrected chi connectivity index (χ2v) is 4.70. The van der Waals surface area contributed by atoms with E-state index in [-0.39, 0.29) is 0 Å². The number of rotatable bonds is 3. The second kappa shape index (κ2) is 6.50. The first-order chi connectivity index (χ1) is 6.34. The summed E-state index contributed by atoms with van der Waals surface area (Å²) in [7, 11) is 0. The molecule has 0 aliphatic heterocycles. The largest absolute Gasteiger partial charge is 0.324 e. The van der Waals surface area contributed by atoms with Crippen LogP contribution in [0, 0.1) is 0 Å². The molecule has 76 valence electrons. The minimum Gasteiger partial charge on any atom is -0.324 e. The zero-order valence-corrected chi connectivity index (χ0v) is 9.41. The zero-order valence-electron chi connectivity index (χ0n) is 8.59. The van der Waals surface area contributed by atoms with Gasteiger partial charge in [-0.25, -0.2) is 0 Å². The standard InChI is InChI=1S/C11H21NS/c1-13-9-11(12)10-7-5-3-2-4-6-8-10/h7,11H,2-6,8-9,12H2,1H3/b10-7+. The Hall–Kier alpha value is 0.0500. The van der Waals surface area contributed by atoms with Gasteiger partial charge in [-0.3, -0.25) is 0 Å². The Morgan fingerprint density at radius 1 is 1.38 bits per heavy atom. The summed E-state index contributed by atoms with van der Waals surface area (Å²) in [5.41, 5.74) is 7.60. The molecule has 0 saturated carbocycles. The maximum atomic E-state index is 6.09. The lowest BCUT2D eigenvalue weighted by Crippen LogP contribution is -2.25. The van der Waals surface area contributed by atoms with Crippen molar-refractivity contribution in [2.75, 3.05) is 12.0 Å². The van der Waals surface area contributed by atoms with Crippen LogP contribution in [0.1, 0.15) is 38.5 Å². The molecule has 0 aromatic rings. The van der Waals surface area contributed by atoms with Gasteiger partial charge in [0, 0.05) is 11.8 Å². The molecule has 1 nitrogen and oxygen atoms in total. The highest BCUT2D eigenvalue weighted by molar-refractivity contribution is 7.98. The molecule has 0 spiro atoms. The predicted octanol–water partition coefficient (Wildman–Crippen LogP) is 2.96. The summed E-state index contributed by atoms with van der Waals surface area (Å²) in [5, 5.41) is 0. The fourth-order valence-corrected chi connectivity index (χ4v) is 2.41. The Bertz CT molecular complexity index is 165. The van der Waals surface area contributed by atoms with E-state index in [0.29, 0.717) is 6.04 Å². The Labute approximate surface area is 86.2 Å². The van der Waals surface area contributed by atoms with Gasteiger partial charge in [-0.15, -0.1) is 0 Å². The van der Waals surface area contributed by atoms with Gasteiger partial charge in [0.15, 0.2) is 0 Å². The third-order valence-corrected chi connectivity index (χ3v) is 3.34. The maximum absolute atomic E-state index is 6.09. The lowest BCUT2D eigenvalue weighted by atomic mass is 9.96. The van der Waals surface area contributed by atoms with E-state index >= 15 is 0 Å². The van der Waals surface area contributed by atoms with E-state index in [2.05, 4.69) is 12.3 Å². The molecular weight excluding hydrogens is 178 g/mol. The molecule has 1 atom stereocenters. The van der Waals surface area contributed by atoms with E-state index in [9.17, 15) is 0 Å². The summed E-state index contributed by atoms with van der Waals surface area (Å²) in [6.45, 7) is 0. The minimum absolute atomic E-state index is 0.313. The molecule has 0 aromatic heterocycles. The Morgan fingerprint density at radius 2 is 2.15 bits per heavy atom. The maximum Gasteiger partial charge on any atom is 0.0345 e. The van der Waals surface area contributed by atoms with Crippen LogP contribution < -0.4 is 5.73 Å². The number of thioether (sulfide) groups is 1. The van der Waals surface area contributed by atoms with Crippen LogP contribution in [0.4, 0.5) is 0 Å². The average molecular weight is 199 g/mol. The summed E-state index contributed by atoms with van der Waals surface area (Å²) < 4.78 is 0. The lowest BCUT2D eigenvalue weighted by molar-refractivity contribution is 0.606. The van der Waals surface area contributed by atoms with Crippen molar-refractivity contribution < 1.29 is 0 Å². The van der Waals surface area contributed by atoms with E-state index in [1.165, 1.54) is 44.1 Å². The molecule has 13 heavy (non-hydrogen) atoms. The molecule has 2 heteroatoms. The molecule has 0 amide bonds. The quantitative estimate of drug-likeness (QED) is 0.707. The molecule has 1 rings (SSSR count). The normalized spacial score (nSPS) is 25.5. The van der Waals surface area contributed by atoms with Crippen molar-refractivity contribution in [2.24, 2.45) is 5.73 Å². The van der Waals surface area contributed by atoms with Gasteiger partial charge in [0.1, 0.15) is 0 Å². The summed E-state index contributed by atoms with van der Waals surface area (Å²) in [6, 6.07) is 0.313. The topological polar surface area (TPSA) is 26.0 Å². The van der Waals surface area contributed by atoms with Crippen LogP contribution in [-0.2, 0) is 0 Å². The van der Waals surface area contributed by atoms with Crippen molar-refractivity contribution in [3.63, 3.8) is 0 Å². The van der Waals surface area contributed by atoms with E-state index in [1.807, 2.05) is 11.8 Å². The Kier molecular flexibility index (Phi) is 5.56. The number of allylic oxidation sites excluding steroid dienone is 1. The van der Waals surface area contributed by atoms with Crippen molar-refractivity contribution >= 4 is 11.8 Å². The highest BCUT2D eigenvalue weighted by Gasteiger charge is 2.09.